The van der Waals surface area contributed by atoms with Crippen molar-refractivity contribution in [2.45, 2.75) is 38.1 Å². The molecule has 4 aliphatic rings. The van der Waals surface area contributed by atoms with E-state index in [0.717, 1.165) is 28.9 Å². The van der Waals surface area contributed by atoms with E-state index in [-0.39, 0.29) is 17.8 Å². The van der Waals surface area contributed by atoms with Crippen LogP contribution in [-0.2, 0) is 0 Å². The molecule has 5 rings (SSSR count). The van der Waals surface area contributed by atoms with Crippen LogP contribution < -0.4 is 4.90 Å². The molecule has 0 atom stereocenters. The molecular weight excluding hydrogens is 329 g/mol. The first-order valence-corrected chi connectivity index (χ1v) is 9.00. The third-order valence-corrected chi connectivity index (χ3v) is 6.59. The first-order valence-electron chi connectivity index (χ1n) is 9.00. The van der Waals surface area contributed by atoms with Gasteiger partial charge in [0.05, 0.1) is 5.69 Å². The highest BCUT2D eigenvalue weighted by molar-refractivity contribution is 5.91. The molecule has 0 spiro atoms. The normalized spacial score (nSPS) is 32.8. The zero-order valence-corrected chi connectivity index (χ0v) is 14.5. The second kappa shape index (κ2) is 5.92. The fourth-order valence-electron chi connectivity index (χ4n) is 5.77. The van der Waals surface area contributed by atoms with Crippen LogP contribution in [-0.4, -0.2) is 31.1 Å². The topological polar surface area (TPSA) is 23.6 Å². The summed E-state index contributed by atoms with van der Waals surface area (Å²) in [5.41, 5.74) is -0.237. The van der Waals surface area contributed by atoms with Gasteiger partial charge in [-0.2, -0.15) is 0 Å². The van der Waals surface area contributed by atoms with Gasteiger partial charge in [0.15, 0.2) is 17.5 Å². The maximum Gasteiger partial charge on any atom is 0.324 e. The van der Waals surface area contributed by atoms with E-state index >= 15 is 0 Å². The van der Waals surface area contributed by atoms with Crippen molar-refractivity contribution in [3.05, 3.63) is 29.6 Å². The molecule has 4 fully saturated rings. The molecule has 2 amide bonds. The Bertz CT molecular complexity index is 680. The number of nitrogens with zero attached hydrogens (tertiary/aromatic N) is 2. The summed E-state index contributed by atoms with van der Waals surface area (Å²) in [5, 5.41) is 0. The first-order chi connectivity index (χ1) is 11.9. The summed E-state index contributed by atoms with van der Waals surface area (Å²) >= 11 is 0. The fraction of sp³-hybridized carbons (Fsp3) is 0.632. The summed E-state index contributed by atoms with van der Waals surface area (Å²) in [6.45, 7) is 0. The molecule has 1 aromatic rings. The summed E-state index contributed by atoms with van der Waals surface area (Å²) in [5.74, 6) is -1.52. The Balaban J connectivity index is 1.55. The van der Waals surface area contributed by atoms with Crippen LogP contribution in [0.5, 0.6) is 0 Å². The standard InChI is InChI=1S/C19H23F3N2O/c1-23(15-4-3-14(20)16(21)17(15)22)19(25)24(2)18-12-6-10-5-11(8-12)9-13(18)7-10/h3-4,10-13,18H,5-9H2,1-2H3. The van der Waals surface area contributed by atoms with Crippen molar-refractivity contribution in [2.75, 3.05) is 19.0 Å². The van der Waals surface area contributed by atoms with Gasteiger partial charge in [0.1, 0.15) is 0 Å². The lowest BCUT2D eigenvalue weighted by atomic mass is 9.54. The first kappa shape index (κ1) is 16.7. The largest absolute Gasteiger partial charge is 0.324 e. The van der Waals surface area contributed by atoms with Crippen molar-refractivity contribution in [3.63, 3.8) is 0 Å². The maximum atomic E-state index is 14.0. The van der Waals surface area contributed by atoms with Crippen LogP contribution in [0.15, 0.2) is 12.1 Å². The van der Waals surface area contributed by atoms with Crippen molar-refractivity contribution in [3.8, 4) is 0 Å². The van der Waals surface area contributed by atoms with Gasteiger partial charge in [-0.3, -0.25) is 4.90 Å². The van der Waals surface area contributed by atoms with Crippen LogP contribution in [0.2, 0.25) is 0 Å². The van der Waals surface area contributed by atoms with Crippen LogP contribution in [0.1, 0.15) is 32.1 Å². The molecule has 0 aromatic heterocycles. The quantitative estimate of drug-likeness (QED) is 0.723. The van der Waals surface area contributed by atoms with E-state index in [9.17, 15) is 18.0 Å². The van der Waals surface area contributed by atoms with E-state index in [0.29, 0.717) is 11.8 Å². The van der Waals surface area contributed by atoms with E-state index in [1.54, 1.807) is 11.9 Å². The number of amides is 2. The molecular formula is C19H23F3N2O. The lowest BCUT2D eigenvalue weighted by Crippen LogP contribution is -2.58. The number of rotatable bonds is 2. The number of urea groups is 1. The van der Waals surface area contributed by atoms with Crippen LogP contribution in [0, 0.1) is 41.1 Å². The molecule has 25 heavy (non-hydrogen) atoms. The molecule has 4 aliphatic carbocycles. The molecule has 1 aromatic carbocycles. The van der Waals surface area contributed by atoms with E-state index in [1.807, 2.05) is 0 Å². The number of hydrogen-bond acceptors (Lipinski definition) is 1. The highest BCUT2D eigenvalue weighted by Crippen LogP contribution is 2.55. The second-order valence-corrected chi connectivity index (χ2v) is 8.07. The van der Waals surface area contributed by atoms with Gasteiger partial charge in [-0.05, 0) is 67.9 Å². The Morgan fingerprint density at radius 3 is 2.04 bits per heavy atom. The van der Waals surface area contributed by atoms with E-state index < -0.39 is 17.5 Å². The number of hydrogen-bond donors (Lipinski definition) is 0. The van der Waals surface area contributed by atoms with Gasteiger partial charge >= 0.3 is 6.03 Å². The van der Waals surface area contributed by atoms with Gasteiger partial charge < -0.3 is 4.90 Å². The summed E-state index contributed by atoms with van der Waals surface area (Å²) < 4.78 is 40.7. The smallest absolute Gasteiger partial charge is 0.324 e. The van der Waals surface area contributed by atoms with Crippen LogP contribution in [0.4, 0.5) is 23.7 Å². The number of benzene rings is 1. The number of anilines is 1. The lowest BCUT2D eigenvalue weighted by Gasteiger charge is -2.56. The van der Waals surface area contributed by atoms with Gasteiger partial charge in [-0.1, -0.05) is 0 Å². The molecule has 0 N–H and O–H groups in total. The average molecular weight is 352 g/mol. The SMILES string of the molecule is CN(C(=O)N(C)C1C2CC3CC(C2)CC1C3)c1ccc(F)c(F)c1F. The monoisotopic (exact) mass is 352 g/mol. The molecule has 0 unspecified atom stereocenters. The van der Waals surface area contributed by atoms with E-state index in [4.69, 9.17) is 0 Å². The minimum absolute atomic E-state index is 0.163. The van der Waals surface area contributed by atoms with Crippen molar-refractivity contribution >= 4 is 11.7 Å². The van der Waals surface area contributed by atoms with Crippen LogP contribution in [0.3, 0.4) is 0 Å². The van der Waals surface area contributed by atoms with Crippen molar-refractivity contribution in [2.24, 2.45) is 23.7 Å². The molecule has 0 heterocycles. The maximum absolute atomic E-state index is 14.0. The third-order valence-electron chi connectivity index (χ3n) is 6.59. The minimum atomic E-state index is -1.55. The molecule has 0 aliphatic heterocycles. The summed E-state index contributed by atoms with van der Waals surface area (Å²) in [6.07, 6.45) is 5.99. The predicted octanol–water partition coefficient (Wildman–Crippen LogP) is 4.42. The van der Waals surface area contributed by atoms with E-state index in [2.05, 4.69) is 0 Å². The summed E-state index contributed by atoms with van der Waals surface area (Å²) in [7, 11) is 3.16. The summed E-state index contributed by atoms with van der Waals surface area (Å²) in [4.78, 5) is 15.7. The van der Waals surface area contributed by atoms with Gasteiger partial charge in [0, 0.05) is 20.1 Å². The highest BCUT2D eigenvalue weighted by atomic mass is 19.2. The third kappa shape index (κ3) is 2.61. The molecule has 4 saturated carbocycles. The van der Waals surface area contributed by atoms with Gasteiger partial charge in [-0.15, -0.1) is 0 Å². The Kier molecular flexibility index (Phi) is 3.96. The molecule has 4 bridgehead atoms. The summed E-state index contributed by atoms with van der Waals surface area (Å²) in [6, 6.07) is 1.75. The van der Waals surface area contributed by atoms with Gasteiger partial charge in [0.25, 0.3) is 0 Å². The highest BCUT2D eigenvalue weighted by Gasteiger charge is 2.50. The molecule has 136 valence electrons. The van der Waals surface area contributed by atoms with Gasteiger partial charge in [0.2, 0.25) is 0 Å². The molecule has 0 saturated heterocycles. The second-order valence-electron chi connectivity index (χ2n) is 8.07. The molecule has 3 nitrogen and oxygen atoms in total. The number of carbonyl (C=O) groups excluding carboxylic acids is 1. The van der Waals surface area contributed by atoms with Crippen molar-refractivity contribution in [1.29, 1.82) is 0 Å². The Labute approximate surface area is 145 Å². The van der Waals surface area contributed by atoms with Crippen LogP contribution in [0.25, 0.3) is 0 Å². The zero-order valence-electron chi connectivity index (χ0n) is 14.5. The fourth-order valence-corrected chi connectivity index (χ4v) is 5.77. The Morgan fingerprint density at radius 1 is 0.920 bits per heavy atom. The zero-order chi connectivity index (χ0) is 17.9. The Hall–Kier alpha value is -1.72. The lowest BCUT2D eigenvalue weighted by molar-refractivity contribution is -0.0440. The van der Waals surface area contributed by atoms with E-state index in [1.165, 1.54) is 39.2 Å². The molecule has 6 heteroatoms. The van der Waals surface area contributed by atoms with Gasteiger partial charge in [-0.25, -0.2) is 18.0 Å². The Morgan fingerprint density at radius 2 is 1.48 bits per heavy atom. The van der Waals surface area contributed by atoms with Crippen molar-refractivity contribution in [1.82, 2.24) is 4.90 Å². The van der Waals surface area contributed by atoms with Crippen molar-refractivity contribution < 1.29 is 18.0 Å². The number of carbonyl (C=O) groups is 1. The predicted molar refractivity (Wildman–Crippen MR) is 88.7 cm³/mol. The minimum Gasteiger partial charge on any atom is -0.324 e. The molecule has 0 radical (unpaired) electrons. The number of halogens is 3. The average Bonchev–Trinajstić information content (AvgIpc) is 2.57. The van der Waals surface area contributed by atoms with Crippen LogP contribution >= 0.6 is 0 Å².